The van der Waals surface area contributed by atoms with Gasteiger partial charge in [-0.05, 0) is 23.2 Å². The molecule has 1 unspecified atom stereocenters. The standard InChI is InChI=1S/C4H3F3.CCl2O/c5-2-1-3(6)4(2)7;2-1(3)4/h2H,1H2;. The maximum absolute atomic E-state index is 11.5. The first-order chi connectivity index (χ1) is 4.95. The topological polar surface area (TPSA) is 17.1 Å². The Kier molecular flexibility index (Phi) is 4.52. The molecule has 0 aliphatic heterocycles. The minimum absolute atomic E-state index is 0.369. The smallest absolute Gasteiger partial charge is 0.262 e. The van der Waals surface area contributed by atoms with Crippen molar-refractivity contribution in [1.29, 1.82) is 0 Å². The molecule has 0 aromatic rings. The van der Waals surface area contributed by atoms with Crippen LogP contribution in [0.3, 0.4) is 0 Å². The van der Waals surface area contributed by atoms with Gasteiger partial charge in [0.15, 0.2) is 12.0 Å². The van der Waals surface area contributed by atoms with Crippen molar-refractivity contribution in [3.63, 3.8) is 0 Å². The first-order valence-corrected chi connectivity index (χ1v) is 3.23. The molecule has 0 aromatic heterocycles. The summed E-state index contributed by atoms with van der Waals surface area (Å²) in [5.74, 6) is -2.16. The van der Waals surface area contributed by atoms with Crippen LogP contribution in [-0.4, -0.2) is 10.9 Å². The van der Waals surface area contributed by atoms with E-state index in [0.717, 1.165) is 0 Å². The van der Waals surface area contributed by atoms with Crippen molar-refractivity contribution in [2.45, 2.75) is 12.6 Å². The number of carbonyl (C=O) groups is 1. The molecule has 11 heavy (non-hydrogen) atoms. The Bertz CT molecular complexity index is 188. The van der Waals surface area contributed by atoms with Crippen LogP contribution in [0, 0.1) is 0 Å². The molecule has 64 valence electrons. The fourth-order valence-electron chi connectivity index (χ4n) is 0.383. The highest BCUT2D eigenvalue weighted by Crippen LogP contribution is 2.32. The lowest BCUT2D eigenvalue weighted by Crippen LogP contribution is -2.13. The highest BCUT2D eigenvalue weighted by molar-refractivity contribution is 6.93. The Morgan fingerprint density at radius 2 is 1.82 bits per heavy atom. The monoisotopic (exact) mass is 206 g/mol. The van der Waals surface area contributed by atoms with E-state index in [1.165, 1.54) is 0 Å². The van der Waals surface area contributed by atoms with Crippen LogP contribution < -0.4 is 0 Å². The van der Waals surface area contributed by atoms with Crippen LogP contribution in [0.2, 0.25) is 0 Å². The average Bonchev–Trinajstić information content (AvgIpc) is 1.87. The first-order valence-electron chi connectivity index (χ1n) is 2.48. The predicted molar refractivity (Wildman–Crippen MR) is 35.9 cm³/mol. The van der Waals surface area contributed by atoms with Crippen LogP contribution in [0.1, 0.15) is 6.42 Å². The number of alkyl halides is 1. The number of halogens is 5. The maximum atomic E-state index is 11.5. The molecule has 0 saturated heterocycles. The summed E-state index contributed by atoms with van der Waals surface area (Å²) in [4.78, 5) is 8.98. The van der Waals surface area contributed by atoms with Crippen molar-refractivity contribution in [2.75, 3.05) is 0 Å². The second-order valence-electron chi connectivity index (χ2n) is 1.65. The molecule has 0 spiro atoms. The number of hydrogen-bond donors (Lipinski definition) is 0. The first kappa shape index (κ1) is 10.8. The second-order valence-corrected chi connectivity index (χ2v) is 2.53. The van der Waals surface area contributed by atoms with Gasteiger partial charge in [0.05, 0.1) is 0 Å². The zero-order valence-electron chi connectivity index (χ0n) is 5.08. The molecule has 0 bridgehead atoms. The third kappa shape index (κ3) is 4.27. The third-order valence-corrected chi connectivity index (χ3v) is 0.893. The fourth-order valence-corrected chi connectivity index (χ4v) is 0.383. The molecule has 1 nitrogen and oxygen atoms in total. The van der Waals surface area contributed by atoms with Gasteiger partial charge in [-0.1, -0.05) is 0 Å². The second kappa shape index (κ2) is 4.62. The predicted octanol–water partition coefficient (Wildman–Crippen LogP) is 3.46. The summed E-state index contributed by atoms with van der Waals surface area (Å²) in [6.45, 7) is 0. The summed E-state index contributed by atoms with van der Waals surface area (Å²) in [6.07, 6.45) is -2.02. The molecule has 1 rings (SSSR count). The van der Waals surface area contributed by atoms with Crippen LogP contribution in [0.25, 0.3) is 0 Å². The summed E-state index contributed by atoms with van der Waals surface area (Å²) in [7, 11) is 0. The number of carbonyl (C=O) groups excluding carboxylic acids is 1. The van der Waals surface area contributed by atoms with Gasteiger partial charge < -0.3 is 0 Å². The van der Waals surface area contributed by atoms with E-state index in [0.29, 0.717) is 0 Å². The van der Waals surface area contributed by atoms with Gasteiger partial charge in [-0.15, -0.1) is 0 Å². The largest absolute Gasteiger partial charge is 0.313 e. The van der Waals surface area contributed by atoms with Crippen molar-refractivity contribution in [2.24, 2.45) is 0 Å². The van der Waals surface area contributed by atoms with Crippen molar-refractivity contribution in [3.8, 4) is 0 Å². The van der Waals surface area contributed by atoms with Gasteiger partial charge in [0.1, 0.15) is 5.83 Å². The van der Waals surface area contributed by atoms with E-state index < -0.39 is 22.5 Å². The van der Waals surface area contributed by atoms with E-state index in [1.54, 1.807) is 0 Å². The van der Waals surface area contributed by atoms with Crippen molar-refractivity contribution >= 4 is 27.9 Å². The van der Waals surface area contributed by atoms with Gasteiger partial charge in [0, 0.05) is 6.42 Å². The zero-order valence-corrected chi connectivity index (χ0v) is 6.59. The SMILES string of the molecule is FC1=C(F)C(F)C1.O=C(Cl)Cl. The van der Waals surface area contributed by atoms with E-state index in [1.807, 2.05) is 0 Å². The van der Waals surface area contributed by atoms with E-state index in [2.05, 4.69) is 23.2 Å². The van der Waals surface area contributed by atoms with E-state index >= 15 is 0 Å². The van der Waals surface area contributed by atoms with Gasteiger partial charge in [0.25, 0.3) is 0 Å². The number of hydrogen-bond acceptors (Lipinski definition) is 1. The highest BCUT2D eigenvalue weighted by Gasteiger charge is 2.30. The molecule has 0 heterocycles. The number of rotatable bonds is 0. The van der Waals surface area contributed by atoms with E-state index in [-0.39, 0.29) is 6.42 Å². The molecule has 0 aromatic carbocycles. The molecule has 0 N–H and O–H groups in total. The molecule has 0 radical (unpaired) electrons. The molecule has 0 saturated carbocycles. The Hall–Kier alpha value is -0.220. The lowest BCUT2D eigenvalue weighted by atomic mass is 10.1. The lowest BCUT2D eigenvalue weighted by molar-refractivity contribution is 0.243. The summed E-state index contributed by atoms with van der Waals surface area (Å²) in [6, 6.07) is 0. The maximum Gasteiger partial charge on any atom is 0.313 e. The Labute approximate surface area is 70.8 Å². The normalized spacial score (nSPS) is 21.7. The quantitative estimate of drug-likeness (QED) is 0.555. The molecule has 1 aliphatic carbocycles. The Morgan fingerprint density at radius 3 is 1.82 bits per heavy atom. The highest BCUT2D eigenvalue weighted by atomic mass is 35.5. The minimum atomic E-state index is -1.65. The van der Waals surface area contributed by atoms with Crippen LogP contribution >= 0.6 is 23.2 Å². The molecule has 1 atom stereocenters. The number of allylic oxidation sites excluding steroid dienone is 2. The molecular weight excluding hydrogens is 204 g/mol. The summed E-state index contributed by atoms with van der Waals surface area (Å²) < 4.78 is 33.5. The van der Waals surface area contributed by atoms with Crippen LogP contribution in [0.15, 0.2) is 11.7 Å². The third-order valence-electron chi connectivity index (χ3n) is 0.893. The minimum Gasteiger partial charge on any atom is -0.262 e. The molecule has 6 heteroatoms. The molecule has 1 aliphatic rings. The van der Waals surface area contributed by atoms with Gasteiger partial charge in [0.2, 0.25) is 0 Å². The van der Waals surface area contributed by atoms with Crippen molar-refractivity contribution < 1.29 is 18.0 Å². The zero-order chi connectivity index (χ0) is 9.02. The van der Waals surface area contributed by atoms with Gasteiger partial charge in [-0.3, -0.25) is 4.79 Å². The van der Waals surface area contributed by atoms with Gasteiger partial charge in [-0.2, -0.15) is 0 Å². The van der Waals surface area contributed by atoms with Crippen LogP contribution in [-0.2, 0) is 0 Å². The van der Waals surface area contributed by atoms with Gasteiger partial charge in [-0.25, -0.2) is 13.2 Å². The molecular formula is C5H3Cl2F3O. The molecule has 0 fully saturated rings. The Morgan fingerprint density at radius 1 is 1.45 bits per heavy atom. The average molecular weight is 207 g/mol. The molecule has 0 amide bonds. The van der Waals surface area contributed by atoms with Gasteiger partial charge >= 0.3 is 4.70 Å². The van der Waals surface area contributed by atoms with E-state index in [4.69, 9.17) is 4.79 Å². The summed E-state index contributed by atoms with van der Waals surface area (Å²) >= 11 is 8.80. The van der Waals surface area contributed by atoms with Crippen LogP contribution in [0.5, 0.6) is 0 Å². The van der Waals surface area contributed by atoms with Crippen molar-refractivity contribution in [1.82, 2.24) is 0 Å². The van der Waals surface area contributed by atoms with Crippen LogP contribution in [0.4, 0.5) is 18.0 Å². The Balaban J connectivity index is 0.000000218. The van der Waals surface area contributed by atoms with E-state index in [9.17, 15) is 13.2 Å². The summed E-state index contributed by atoms with van der Waals surface area (Å²) in [5, 5.41) is 0. The summed E-state index contributed by atoms with van der Waals surface area (Å²) in [5.41, 5.74) is 0. The van der Waals surface area contributed by atoms with Crippen molar-refractivity contribution in [3.05, 3.63) is 11.7 Å². The lowest BCUT2D eigenvalue weighted by Gasteiger charge is -2.13. The fraction of sp³-hybridized carbons (Fsp3) is 0.400.